The molecule has 32 heavy (non-hydrogen) atoms. The molecule has 1 heterocycles. The molecule has 2 aromatic rings. The number of aliphatic imine (C=N–C) groups is 1. The van der Waals surface area contributed by atoms with Crippen molar-refractivity contribution in [3.63, 3.8) is 0 Å². The average molecular weight is 446 g/mol. The molecule has 7 nitrogen and oxygen atoms in total. The number of carbonyl (C=O) groups excluding carboxylic acids is 1. The number of carbonyl (C=O) groups is 1. The van der Waals surface area contributed by atoms with Crippen molar-refractivity contribution in [2.24, 2.45) is 4.99 Å². The number of para-hydroxylation sites is 1. The van der Waals surface area contributed by atoms with E-state index in [0.29, 0.717) is 43.5 Å². The normalized spacial score (nSPS) is 16.1. The molecule has 3 rings (SSSR count). The van der Waals surface area contributed by atoms with E-state index in [-0.39, 0.29) is 11.7 Å². The quantitative estimate of drug-likeness (QED) is 0.387. The summed E-state index contributed by atoms with van der Waals surface area (Å²) in [5, 5.41) is 6.53. The van der Waals surface area contributed by atoms with Gasteiger partial charge in [-0.05, 0) is 43.2 Å². The Morgan fingerprint density at radius 2 is 1.97 bits per heavy atom. The van der Waals surface area contributed by atoms with Gasteiger partial charge in [-0.3, -0.25) is 0 Å². The van der Waals surface area contributed by atoms with Gasteiger partial charge < -0.3 is 25.0 Å². The van der Waals surface area contributed by atoms with E-state index in [0.717, 1.165) is 12.0 Å². The van der Waals surface area contributed by atoms with Gasteiger partial charge in [0.05, 0.1) is 20.8 Å². The van der Waals surface area contributed by atoms with Gasteiger partial charge in [-0.25, -0.2) is 18.6 Å². The van der Waals surface area contributed by atoms with Crippen molar-refractivity contribution in [3.05, 3.63) is 59.2 Å². The molecule has 0 aromatic heterocycles. The molecule has 9 heteroatoms. The third-order valence-corrected chi connectivity index (χ3v) is 5.22. The average Bonchev–Trinajstić information content (AvgIpc) is 3.24. The molecule has 0 bridgehead atoms. The van der Waals surface area contributed by atoms with Gasteiger partial charge in [-0.1, -0.05) is 12.1 Å². The van der Waals surface area contributed by atoms with Crippen LogP contribution in [0.4, 0.5) is 14.5 Å². The van der Waals surface area contributed by atoms with Crippen LogP contribution in [-0.4, -0.2) is 51.8 Å². The van der Waals surface area contributed by atoms with Crippen LogP contribution >= 0.6 is 0 Å². The fourth-order valence-corrected chi connectivity index (χ4v) is 3.67. The summed E-state index contributed by atoms with van der Waals surface area (Å²) in [7, 11) is 2.81. The zero-order valence-corrected chi connectivity index (χ0v) is 18.5. The van der Waals surface area contributed by atoms with Gasteiger partial charge in [0.25, 0.3) is 0 Å². The molecule has 0 radical (unpaired) electrons. The van der Waals surface area contributed by atoms with Gasteiger partial charge in [0.1, 0.15) is 28.6 Å². The van der Waals surface area contributed by atoms with Gasteiger partial charge in [-0.2, -0.15) is 0 Å². The number of hydrogen-bond acceptors (Lipinski definition) is 5. The number of anilines is 1. The van der Waals surface area contributed by atoms with Crippen LogP contribution in [0.1, 0.15) is 29.3 Å². The second-order valence-corrected chi connectivity index (χ2v) is 7.37. The summed E-state index contributed by atoms with van der Waals surface area (Å²) in [6, 6.07) is 9.08. The highest BCUT2D eigenvalue weighted by Gasteiger charge is 2.27. The monoisotopic (exact) mass is 446 g/mol. The Labute approximate surface area is 186 Å². The second-order valence-electron chi connectivity index (χ2n) is 7.37. The lowest BCUT2D eigenvalue weighted by Gasteiger charge is -2.21. The molecule has 2 N–H and O–H groups in total. The minimum Gasteiger partial charge on any atom is -0.496 e. The summed E-state index contributed by atoms with van der Waals surface area (Å²) in [4.78, 5) is 18.1. The number of ether oxygens (including phenoxy) is 2. The summed E-state index contributed by atoms with van der Waals surface area (Å²) in [6.07, 6.45) is 0.722. The van der Waals surface area contributed by atoms with Crippen molar-refractivity contribution < 1.29 is 23.0 Å². The first-order valence-corrected chi connectivity index (χ1v) is 10.5. The standard InChI is InChI=1S/C23H28F2N4O3/c1-4-26-23(27-13-15-8-9-17(22(30)32-3)20(12-15)31-2)28-16-10-11-29(14-16)21-18(24)6-5-7-19(21)25/h5-9,12,16H,4,10-11,13-14H2,1-3H3,(H2,26,27,28). The van der Waals surface area contributed by atoms with Crippen LogP contribution in [0.5, 0.6) is 5.75 Å². The van der Waals surface area contributed by atoms with Gasteiger partial charge in [0.15, 0.2) is 5.96 Å². The highest BCUT2D eigenvalue weighted by molar-refractivity contribution is 5.92. The first-order chi connectivity index (χ1) is 15.5. The number of guanidine groups is 1. The maximum atomic E-state index is 14.1. The minimum atomic E-state index is -0.560. The molecule has 1 unspecified atom stereocenters. The topological polar surface area (TPSA) is 75.2 Å². The van der Waals surface area contributed by atoms with E-state index in [9.17, 15) is 13.6 Å². The van der Waals surface area contributed by atoms with Crippen molar-refractivity contribution in [2.45, 2.75) is 25.9 Å². The van der Waals surface area contributed by atoms with E-state index >= 15 is 0 Å². The Kier molecular flexibility index (Phi) is 7.86. The number of nitrogens with one attached hydrogen (secondary N) is 2. The number of rotatable bonds is 7. The van der Waals surface area contributed by atoms with Crippen LogP contribution in [0.2, 0.25) is 0 Å². The van der Waals surface area contributed by atoms with Crippen LogP contribution in [0.15, 0.2) is 41.4 Å². The summed E-state index contributed by atoms with van der Waals surface area (Å²) < 4.78 is 38.3. The zero-order chi connectivity index (χ0) is 23.1. The highest BCUT2D eigenvalue weighted by atomic mass is 19.1. The molecule has 0 aliphatic carbocycles. The molecule has 1 atom stereocenters. The van der Waals surface area contributed by atoms with Crippen molar-refractivity contribution in [1.82, 2.24) is 10.6 Å². The molecule has 172 valence electrons. The SMILES string of the molecule is CCNC(=NCc1ccc(C(=O)OC)c(OC)c1)NC1CCN(c2c(F)cccc2F)C1. The van der Waals surface area contributed by atoms with Crippen molar-refractivity contribution in [3.8, 4) is 5.75 Å². The molecular formula is C23H28F2N4O3. The predicted octanol–water partition coefficient (Wildman–Crippen LogP) is 3.09. The number of esters is 1. The van der Waals surface area contributed by atoms with E-state index in [4.69, 9.17) is 9.47 Å². The number of methoxy groups -OCH3 is 2. The largest absolute Gasteiger partial charge is 0.496 e. The predicted molar refractivity (Wildman–Crippen MR) is 119 cm³/mol. The lowest BCUT2D eigenvalue weighted by atomic mass is 10.1. The van der Waals surface area contributed by atoms with E-state index in [1.807, 2.05) is 6.92 Å². The second kappa shape index (κ2) is 10.8. The van der Waals surface area contributed by atoms with E-state index in [2.05, 4.69) is 15.6 Å². The molecule has 0 saturated carbocycles. The zero-order valence-electron chi connectivity index (χ0n) is 18.5. The Bertz CT molecular complexity index is 963. The maximum absolute atomic E-state index is 14.1. The van der Waals surface area contributed by atoms with Gasteiger partial charge in [0, 0.05) is 25.7 Å². The number of nitrogens with zero attached hydrogens (tertiary/aromatic N) is 2. The van der Waals surface area contributed by atoms with Gasteiger partial charge in [0.2, 0.25) is 0 Å². The summed E-state index contributed by atoms with van der Waals surface area (Å²) in [6.45, 7) is 3.98. The summed E-state index contributed by atoms with van der Waals surface area (Å²) in [5.74, 6) is -0.569. The van der Waals surface area contributed by atoms with E-state index in [1.165, 1.54) is 32.4 Å². The van der Waals surface area contributed by atoms with Crippen LogP contribution in [0.3, 0.4) is 0 Å². The smallest absolute Gasteiger partial charge is 0.341 e. The van der Waals surface area contributed by atoms with E-state index < -0.39 is 17.6 Å². The lowest BCUT2D eigenvalue weighted by molar-refractivity contribution is 0.0597. The number of halogens is 2. The molecule has 1 aliphatic heterocycles. The van der Waals surface area contributed by atoms with Crippen LogP contribution < -0.4 is 20.3 Å². The molecule has 0 amide bonds. The third-order valence-electron chi connectivity index (χ3n) is 5.22. The Morgan fingerprint density at radius 1 is 1.22 bits per heavy atom. The maximum Gasteiger partial charge on any atom is 0.341 e. The van der Waals surface area contributed by atoms with E-state index in [1.54, 1.807) is 23.1 Å². The minimum absolute atomic E-state index is 0.0107. The van der Waals surface area contributed by atoms with Crippen molar-refractivity contribution >= 4 is 17.6 Å². The molecular weight excluding hydrogens is 418 g/mol. The van der Waals surface area contributed by atoms with Crippen LogP contribution in [0, 0.1) is 11.6 Å². The Hall–Kier alpha value is -3.36. The van der Waals surface area contributed by atoms with Gasteiger partial charge >= 0.3 is 5.97 Å². The molecule has 1 saturated heterocycles. The highest BCUT2D eigenvalue weighted by Crippen LogP contribution is 2.27. The third kappa shape index (κ3) is 5.46. The molecule has 2 aromatic carbocycles. The fourth-order valence-electron chi connectivity index (χ4n) is 3.67. The van der Waals surface area contributed by atoms with Crippen LogP contribution in [-0.2, 0) is 11.3 Å². The first kappa shape index (κ1) is 23.3. The number of hydrogen-bond donors (Lipinski definition) is 2. The molecule has 0 spiro atoms. The summed E-state index contributed by atoms with van der Waals surface area (Å²) in [5.41, 5.74) is 1.21. The molecule has 1 aliphatic rings. The Morgan fingerprint density at radius 3 is 2.62 bits per heavy atom. The summed E-state index contributed by atoms with van der Waals surface area (Å²) >= 11 is 0. The van der Waals surface area contributed by atoms with Crippen molar-refractivity contribution in [2.75, 3.05) is 38.8 Å². The molecule has 1 fully saturated rings. The fraction of sp³-hybridized carbons (Fsp3) is 0.391. The number of benzene rings is 2. The lowest BCUT2D eigenvalue weighted by Crippen LogP contribution is -2.44. The first-order valence-electron chi connectivity index (χ1n) is 10.5. The van der Waals surface area contributed by atoms with Gasteiger partial charge in [-0.15, -0.1) is 0 Å². The van der Waals surface area contributed by atoms with Crippen molar-refractivity contribution in [1.29, 1.82) is 0 Å². The van der Waals surface area contributed by atoms with Crippen LogP contribution in [0.25, 0.3) is 0 Å². The Balaban J connectivity index is 1.68.